The fraction of sp³-hybridized carbons (Fsp3) is 0.696. The number of aliphatic hydroxyl groups is 2. The van der Waals surface area contributed by atoms with E-state index in [2.05, 4.69) is 19.2 Å². The van der Waals surface area contributed by atoms with E-state index >= 15 is 0 Å². The van der Waals surface area contributed by atoms with Crippen LogP contribution in [0.1, 0.15) is 77.2 Å². The first-order valence-corrected chi connectivity index (χ1v) is 12.5. The van der Waals surface area contributed by atoms with Crippen molar-refractivity contribution in [3.05, 3.63) is 35.9 Å². The summed E-state index contributed by atoms with van der Waals surface area (Å²) in [5.74, 6) is -1.32. The predicted molar refractivity (Wildman–Crippen MR) is 122 cm³/mol. The van der Waals surface area contributed by atoms with Crippen LogP contribution in [0.15, 0.2) is 30.3 Å². The maximum Gasteiger partial charge on any atom is 0.347 e. The van der Waals surface area contributed by atoms with E-state index in [1.165, 1.54) is 19.3 Å². The molecule has 0 fully saturated rings. The zero-order valence-electron chi connectivity index (χ0n) is 19.0. The van der Waals surface area contributed by atoms with Gasteiger partial charge in [-0.25, -0.2) is 9.13 Å². The first-order valence-electron chi connectivity index (χ1n) is 11.3. The van der Waals surface area contributed by atoms with Crippen molar-refractivity contribution in [1.29, 1.82) is 0 Å². The van der Waals surface area contributed by atoms with E-state index in [0.29, 0.717) is 13.0 Å². The van der Waals surface area contributed by atoms with Gasteiger partial charge in [0.1, 0.15) is 0 Å². The minimum absolute atomic E-state index is 0.0408. The summed E-state index contributed by atoms with van der Waals surface area (Å²) in [4.78, 5) is 11.6. The predicted octanol–water partition coefficient (Wildman–Crippen LogP) is 4.71. The standard InChI is InChI=1S/C14H29NO2.C9H11O4P/c1-3-5-7-9-10-13(12-16)15-14(17)11-8-6-4-2;10-9(14(11)12)7-13-6-8-4-2-1-3-5-8/h13,16H,3-12H2,1-2H3,(H,15,17);1-5,9-10H,6-7H2. The monoisotopic (exact) mass is 457 g/mol. The summed E-state index contributed by atoms with van der Waals surface area (Å²) in [5.41, 5.74) is 0.945. The molecule has 2 unspecified atom stereocenters. The number of hydrogen-bond donors (Lipinski definition) is 3. The summed E-state index contributed by atoms with van der Waals surface area (Å²) in [6.07, 6.45) is 9.43. The molecule has 0 aromatic heterocycles. The molecule has 8 heteroatoms. The van der Waals surface area contributed by atoms with Gasteiger partial charge in [0.15, 0.2) is 5.85 Å². The third kappa shape index (κ3) is 17.8. The van der Waals surface area contributed by atoms with Crippen molar-refractivity contribution in [3.8, 4) is 0 Å². The molecule has 0 heterocycles. The van der Waals surface area contributed by atoms with Crippen LogP contribution < -0.4 is 5.32 Å². The average Bonchev–Trinajstić information content (AvgIpc) is 2.77. The van der Waals surface area contributed by atoms with Gasteiger partial charge in [0, 0.05) is 6.42 Å². The highest BCUT2D eigenvalue weighted by molar-refractivity contribution is 7.31. The maximum absolute atomic E-state index is 11.6. The lowest BCUT2D eigenvalue weighted by molar-refractivity contribution is -0.122. The molecular formula is C23H40NO6P. The molecule has 0 radical (unpaired) electrons. The van der Waals surface area contributed by atoms with Crippen molar-refractivity contribution in [2.45, 2.75) is 90.1 Å². The molecule has 7 nitrogen and oxygen atoms in total. The third-order valence-electron chi connectivity index (χ3n) is 4.62. The van der Waals surface area contributed by atoms with E-state index in [0.717, 1.165) is 37.7 Å². The molecule has 3 N–H and O–H groups in total. The Labute approximate surface area is 187 Å². The van der Waals surface area contributed by atoms with Crippen LogP contribution in [0.4, 0.5) is 0 Å². The molecule has 31 heavy (non-hydrogen) atoms. The van der Waals surface area contributed by atoms with Gasteiger partial charge in [0.25, 0.3) is 0 Å². The maximum atomic E-state index is 11.6. The highest BCUT2D eigenvalue weighted by atomic mass is 31.1. The molecule has 1 amide bonds. The Morgan fingerprint density at radius 2 is 1.68 bits per heavy atom. The second-order valence-corrected chi connectivity index (χ2v) is 8.69. The fourth-order valence-corrected chi connectivity index (χ4v) is 3.01. The van der Waals surface area contributed by atoms with Gasteiger partial charge in [-0.05, 0) is 18.4 Å². The lowest BCUT2D eigenvalue weighted by atomic mass is 10.1. The molecule has 1 rings (SSSR count). The van der Waals surface area contributed by atoms with Crippen LogP contribution in [0.5, 0.6) is 0 Å². The Balaban J connectivity index is 0.000000590. The van der Waals surface area contributed by atoms with Crippen molar-refractivity contribution >= 4 is 13.6 Å². The zero-order valence-corrected chi connectivity index (χ0v) is 19.9. The molecule has 0 aliphatic heterocycles. The number of carbonyl (C=O) groups is 1. The molecular weight excluding hydrogens is 417 g/mol. The second kappa shape index (κ2) is 20.4. The number of carbonyl (C=O) groups excluding carboxylic acids is 1. The Hall–Kier alpha value is -1.53. The van der Waals surface area contributed by atoms with Gasteiger partial charge in [-0.2, -0.15) is 0 Å². The van der Waals surface area contributed by atoms with E-state index in [1.807, 2.05) is 30.3 Å². The molecule has 1 aromatic rings. The van der Waals surface area contributed by atoms with Crippen molar-refractivity contribution < 1.29 is 28.9 Å². The van der Waals surface area contributed by atoms with E-state index < -0.39 is 13.5 Å². The van der Waals surface area contributed by atoms with Crippen LogP contribution >= 0.6 is 7.68 Å². The molecule has 0 saturated heterocycles. The Morgan fingerprint density at radius 1 is 1.03 bits per heavy atom. The van der Waals surface area contributed by atoms with Crippen LogP contribution in [0.25, 0.3) is 0 Å². The number of rotatable bonds is 16. The van der Waals surface area contributed by atoms with Crippen LogP contribution in [0.3, 0.4) is 0 Å². The van der Waals surface area contributed by atoms with E-state index in [9.17, 15) is 19.0 Å². The highest BCUT2D eigenvalue weighted by Gasteiger charge is 2.10. The zero-order chi connectivity index (χ0) is 23.3. The smallest absolute Gasteiger partial charge is 0.347 e. The van der Waals surface area contributed by atoms with Crippen LogP contribution in [-0.4, -0.2) is 41.2 Å². The second-order valence-electron chi connectivity index (χ2n) is 7.52. The molecule has 0 saturated carbocycles. The Kier molecular flexibility index (Phi) is 19.4. The van der Waals surface area contributed by atoms with E-state index in [4.69, 9.17) is 9.84 Å². The normalized spacial score (nSPS) is 12.4. The average molecular weight is 458 g/mol. The fourth-order valence-electron chi connectivity index (χ4n) is 2.78. The van der Waals surface area contributed by atoms with Gasteiger partial charge in [-0.15, -0.1) is 0 Å². The molecule has 0 aliphatic carbocycles. The van der Waals surface area contributed by atoms with Crippen LogP contribution in [-0.2, 0) is 25.3 Å². The van der Waals surface area contributed by atoms with Crippen molar-refractivity contribution in [1.82, 2.24) is 5.32 Å². The van der Waals surface area contributed by atoms with Gasteiger partial charge in [0.2, 0.25) is 5.91 Å². The summed E-state index contributed by atoms with van der Waals surface area (Å²) in [6.45, 7) is 4.49. The largest absolute Gasteiger partial charge is 0.394 e. The van der Waals surface area contributed by atoms with Gasteiger partial charge in [0.05, 0.1) is 25.9 Å². The third-order valence-corrected chi connectivity index (χ3v) is 5.26. The molecule has 2 atom stereocenters. The van der Waals surface area contributed by atoms with Gasteiger partial charge >= 0.3 is 7.68 Å². The summed E-state index contributed by atoms with van der Waals surface area (Å²) in [6, 6.07) is 9.30. The van der Waals surface area contributed by atoms with E-state index in [1.54, 1.807) is 0 Å². The number of amides is 1. The molecule has 1 aromatic carbocycles. The van der Waals surface area contributed by atoms with Crippen molar-refractivity contribution in [2.24, 2.45) is 0 Å². The lowest BCUT2D eigenvalue weighted by Crippen LogP contribution is -2.37. The van der Waals surface area contributed by atoms with Crippen molar-refractivity contribution in [2.75, 3.05) is 13.2 Å². The number of nitrogens with one attached hydrogen (secondary N) is 1. The first-order chi connectivity index (χ1) is 14.9. The number of aliphatic hydroxyl groups excluding tert-OH is 2. The highest BCUT2D eigenvalue weighted by Crippen LogP contribution is 2.12. The Bertz CT molecular complexity index is 616. The molecule has 178 valence electrons. The SMILES string of the molecule is CCCCCCC(CO)NC(=O)CCCCC.O=P(=O)C(O)COCc1ccccc1. The first kappa shape index (κ1) is 29.5. The number of benzene rings is 1. The summed E-state index contributed by atoms with van der Waals surface area (Å²) in [7, 11) is -2.81. The number of unbranched alkanes of at least 4 members (excludes halogenated alkanes) is 5. The minimum Gasteiger partial charge on any atom is -0.394 e. The lowest BCUT2D eigenvalue weighted by Gasteiger charge is -2.16. The Morgan fingerprint density at radius 3 is 2.26 bits per heavy atom. The summed E-state index contributed by atoms with van der Waals surface area (Å²) in [5, 5.41) is 21.0. The molecule has 0 bridgehead atoms. The van der Waals surface area contributed by atoms with Crippen LogP contribution in [0, 0.1) is 0 Å². The van der Waals surface area contributed by atoms with Crippen molar-refractivity contribution in [3.63, 3.8) is 0 Å². The number of hydrogen-bond acceptors (Lipinski definition) is 6. The van der Waals surface area contributed by atoms with Gasteiger partial charge in [-0.3, -0.25) is 4.79 Å². The van der Waals surface area contributed by atoms with Crippen LogP contribution in [0.2, 0.25) is 0 Å². The minimum atomic E-state index is -2.81. The summed E-state index contributed by atoms with van der Waals surface area (Å²) >= 11 is 0. The topological polar surface area (TPSA) is 113 Å². The van der Waals surface area contributed by atoms with Gasteiger partial charge in [-0.1, -0.05) is 82.7 Å². The summed E-state index contributed by atoms with van der Waals surface area (Å²) < 4.78 is 25.5. The molecule has 0 aliphatic rings. The van der Waals surface area contributed by atoms with Gasteiger partial charge < -0.3 is 20.3 Å². The molecule has 0 spiro atoms. The van der Waals surface area contributed by atoms with E-state index in [-0.39, 0.29) is 25.2 Å². The number of ether oxygens (including phenoxy) is 1. The quantitative estimate of drug-likeness (QED) is 0.245.